The number of aromatic nitrogens is 2. The number of carbonyl (C=O) groups is 1. The molecule has 2 heterocycles. The van der Waals surface area contributed by atoms with Crippen molar-refractivity contribution in [2.24, 2.45) is 9.98 Å². The Balaban J connectivity index is 1.73. The van der Waals surface area contributed by atoms with Gasteiger partial charge in [0, 0.05) is 0 Å². The van der Waals surface area contributed by atoms with Crippen LogP contribution in [0.2, 0.25) is 0 Å². The lowest BCUT2D eigenvalue weighted by molar-refractivity contribution is 0.256. The summed E-state index contributed by atoms with van der Waals surface area (Å²) in [5.74, 6) is 0.838. The van der Waals surface area contributed by atoms with Crippen LogP contribution in [0, 0.1) is 0 Å². The largest absolute Gasteiger partial charge is 0.497 e. The van der Waals surface area contributed by atoms with E-state index in [9.17, 15) is 4.79 Å². The monoisotopic (exact) mass is 268 g/mol. The van der Waals surface area contributed by atoms with Crippen molar-refractivity contribution >= 4 is 6.03 Å². The number of rotatable bonds is 4. The summed E-state index contributed by atoms with van der Waals surface area (Å²) in [5.41, 5.74) is 2.62. The lowest BCUT2D eigenvalue weighted by Gasteiger charge is -2.03. The molecule has 0 N–H and O–H groups in total. The van der Waals surface area contributed by atoms with Crippen LogP contribution in [0.3, 0.4) is 0 Å². The van der Waals surface area contributed by atoms with Crippen molar-refractivity contribution in [3.63, 3.8) is 0 Å². The lowest BCUT2D eigenvalue weighted by Crippen LogP contribution is -2.29. The number of urea groups is 1. The normalized spacial score (nSPS) is 12.6. The molecule has 0 saturated heterocycles. The van der Waals surface area contributed by atoms with Gasteiger partial charge in [0.2, 0.25) is 11.0 Å². The molecule has 3 rings (SSSR count). The molecule has 1 aliphatic heterocycles. The number of fused-ring (bicyclic) bond motifs is 1. The number of methoxy groups -OCH3 is 1. The van der Waals surface area contributed by atoms with E-state index in [0.717, 1.165) is 24.3 Å². The summed E-state index contributed by atoms with van der Waals surface area (Å²) < 4.78 is 5.12. The first-order valence-electron chi connectivity index (χ1n) is 6.21. The fourth-order valence-electron chi connectivity index (χ4n) is 1.95. The van der Waals surface area contributed by atoms with Gasteiger partial charge < -0.3 is 4.74 Å². The second kappa shape index (κ2) is 5.16. The highest BCUT2D eigenvalue weighted by atomic mass is 16.5. The summed E-state index contributed by atoms with van der Waals surface area (Å²) >= 11 is 0. The lowest BCUT2D eigenvalue weighted by atomic mass is 10.1. The number of ether oxygens (including phenoxy) is 1. The predicted octanol–water partition coefficient (Wildman–Crippen LogP) is 0.643. The minimum absolute atomic E-state index is 0.309. The van der Waals surface area contributed by atoms with Crippen LogP contribution in [-0.2, 0) is 12.8 Å². The van der Waals surface area contributed by atoms with Crippen LogP contribution >= 0.6 is 0 Å². The van der Waals surface area contributed by atoms with Gasteiger partial charge in [0.05, 0.1) is 19.0 Å². The molecule has 0 fully saturated rings. The van der Waals surface area contributed by atoms with E-state index in [1.165, 1.54) is 5.56 Å². The Morgan fingerprint density at radius 3 is 2.55 bits per heavy atom. The van der Waals surface area contributed by atoms with Crippen molar-refractivity contribution in [3.05, 3.63) is 52.7 Å². The summed E-state index contributed by atoms with van der Waals surface area (Å²) in [7, 11) is 1.64. The van der Waals surface area contributed by atoms with Gasteiger partial charge in [-0.1, -0.05) is 12.1 Å². The molecule has 2 aromatic rings. The van der Waals surface area contributed by atoms with E-state index < -0.39 is 6.03 Å². The van der Waals surface area contributed by atoms with Gasteiger partial charge in [0.1, 0.15) is 5.75 Å². The van der Waals surface area contributed by atoms with E-state index in [-0.39, 0.29) is 0 Å². The molecular weight excluding hydrogens is 256 g/mol. The Hall–Kier alpha value is -2.63. The van der Waals surface area contributed by atoms with Crippen molar-refractivity contribution in [1.82, 2.24) is 9.97 Å². The molecule has 0 radical (unpaired) electrons. The number of aryl methyl sites for hydroxylation is 2. The van der Waals surface area contributed by atoms with Gasteiger partial charge in [0.15, 0.2) is 0 Å². The Labute approximate surface area is 114 Å². The van der Waals surface area contributed by atoms with Gasteiger partial charge in [-0.15, -0.1) is 0 Å². The third-order valence-electron chi connectivity index (χ3n) is 3.02. The molecule has 0 spiro atoms. The highest BCUT2D eigenvalue weighted by Crippen LogP contribution is 2.12. The molecule has 6 nitrogen and oxygen atoms in total. The maximum Gasteiger partial charge on any atom is 0.371 e. The van der Waals surface area contributed by atoms with Crippen LogP contribution in [0.1, 0.15) is 11.3 Å². The molecule has 0 unspecified atom stereocenters. The number of hydrogen-bond acceptors (Lipinski definition) is 4. The fourth-order valence-corrected chi connectivity index (χ4v) is 1.95. The molecule has 0 saturated carbocycles. The average molecular weight is 268 g/mol. The Morgan fingerprint density at radius 2 is 1.80 bits per heavy atom. The van der Waals surface area contributed by atoms with Crippen LogP contribution in [0.25, 0.3) is 0 Å². The van der Waals surface area contributed by atoms with Crippen molar-refractivity contribution in [2.45, 2.75) is 12.8 Å². The quantitative estimate of drug-likeness (QED) is 0.815. The summed E-state index contributed by atoms with van der Waals surface area (Å²) in [4.78, 5) is 26.7. The summed E-state index contributed by atoms with van der Waals surface area (Å²) in [5, 5.41) is 0. The molecule has 100 valence electrons. The van der Waals surface area contributed by atoms with E-state index >= 15 is 0 Å². The predicted molar refractivity (Wildman–Crippen MR) is 70.1 cm³/mol. The highest BCUT2D eigenvalue weighted by molar-refractivity contribution is 5.76. The van der Waals surface area contributed by atoms with E-state index in [4.69, 9.17) is 4.74 Å². The first kappa shape index (κ1) is 12.4. The van der Waals surface area contributed by atoms with Crippen LogP contribution in [-0.4, -0.2) is 23.1 Å². The average Bonchev–Trinajstić information content (AvgIpc) is 2.85. The van der Waals surface area contributed by atoms with Crippen molar-refractivity contribution < 1.29 is 9.53 Å². The second-order valence-electron chi connectivity index (χ2n) is 4.36. The molecule has 6 heteroatoms. The van der Waals surface area contributed by atoms with E-state index in [1.807, 2.05) is 24.3 Å². The van der Waals surface area contributed by atoms with Gasteiger partial charge in [-0.3, -0.25) is 0 Å². The Bertz CT molecular complexity index is 769. The van der Waals surface area contributed by atoms with Crippen LogP contribution in [0.4, 0.5) is 4.79 Å². The zero-order valence-corrected chi connectivity index (χ0v) is 10.9. The number of amides is 2. The maximum atomic E-state index is 11.0. The number of hydrogen-bond donors (Lipinski definition) is 0. The van der Waals surface area contributed by atoms with Crippen LogP contribution < -0.4 is 15.7 Å². The van der Waals surface area contributed by atoms with Gasteiger partial charge in [-0.05, 0) is 30.5 Å². The van der Waals surface area contributed by atoms with Crippen molar-refractivity contribution in [2.75, 3.05) is 7.11 Å². The number of benzene rings is 1. The molecule has 1 aromatic heterocycles. The van der Waals surface area contributed by atoms with Crippen LogP contribution in [0.15, 0.2) is 40.4 Å². The number of carbonyl (C=O) groups excluding carboxylic acids is 1. The first-order chi connectivity index (χ1) is 9.74. The third-order valence-corrected chi connectivity index (χ3v) is 3.02. The molecule has 20 heavy (non-hydrogen) atoms. The van der Waals surface area contributed by atoms with E-state index in [0.29, 0.717) is 11.0 Å². The summed E-state index contributed by atoms with van der Waals surface area (Å²) in [6, 6.07) is 7.35. The summed E-state index contributed by atoms with van der Waals surface area (Å²) in [6.07, 6.45) is 3.21. The Kier molecular flexibility index (Phi) is 3.20. The summed E-state index contributed by atoms with van der Waals surface area (Å²) in [6.45, 7) is 0. The smallest absolute Gasteiger partial charge is 0.371 e. The van der Waals surface area contributed by atoms with Gasteiger partial charge in [-0.2, -0.15) is 9.98 Å². The highest BCUT2D eigenvalue weighted by Gasteiger charge is 2.08. The molecule has 0 aliphatic carbocycles. The molecule has 0 bridgehead atoms. The minimum Gasteiger partial charge on any atom is -0.497 e. The maximum absolute atomic E-state index is 11.0. The van der Waals surface area contributed by atoms with Crippen molar-refractivity contribution in [1.29, 1.82) is 0 Å². The van der Waals surface area contributed by atoms with E-state index in [1.54, 1.807) is 13.3 Å². The van der Waals surface area contributed by atoms with Crippen LogP contribution in [0.5, 0.6) is 5.75 Å². The standard InChI is InChI=1S/C14H12N4O2/c1-20-11-6-3-9(4-7-11)2-5-10-8-15-12-13(16-10)18-14(19)17-12/h3-4,6-8H,2,5H2,1H3. The first-order valence-corrected chi connectivity index (χ1v) is 6.21. The second-order valence-corrected chi connectivity index (χ2v) is 4.36. The van der Waals surface area contributed by atoms with Gasteiger partial charge in [0.25, 0.3) is 0 Å². The minimum atomic E-state index is -0.535. The molecule has 0 atom stereocenters. The molecule has 2 amide bonds. The van der Waals surface area contributed by atoms with E-state index in [2.05, 4.69) is 20.0 Å². The van der Waals surface area contributed by atoms with Gasteiger partial charge in [-0.25, -0.2) is 14.8 Å². The third kappa shape index (κ3) is 2.54. The van der Waals surface area contributed by atoms with Crippen molar-refractivity contribution in [3.8, 4) is 5.75 Å². The molecular formula is C14H12N4O2. The Morgan fingerprint density at radius 1 is 1.05 bits per heavy atom. The SMILES string of the molecule is COc1ccc(CCc2cnc3c(n2)=NC(=O)N=3)cc1. The van der Waals surface area contributed by atoms with Gasteiger partial charge >= 0.3 is 6.03 Å². The molecule has 1 aromatic carbocycles. The zero-order chi connectivity index (χ0) is 13.9. The zero-order valence-electron chi connectivity index (χ0n) is 10.9. The number of nitrogens with zero attached hydrogens (tertiary/aromatic N) is 4. The molecule has 1 aliphatic rings. The fraction of sp³-hybridized carbons (Fsp3) is 0.214. The topological polar surface area (TPSA) is 76.8 Å².